The van der Waals surface area contributed by atoms with Gasteiger partial charge in [0.2, 0.25) is 0 Å². The average molecular weight is 340 g/mol. The van der Waals surface area contributed by atoms with Crippen LogP contribution in [0.5, 0.6) is 0 Å². The molecule has 0 saturated heterocycles. The van der Waals surface area contributed by atoms with Crippen LogP contribution < -0.4 is 10.6 Å². The Morgan fingerprint density at radius 3 is 2.39 bits per heavy atom. The molecule has 0 aliphatic heterocycles. The molecule has 0 radical (unpaired) electrons. The summed E-state index contributed by atoms with van der Waals surface area (Å²) in [5, 5.41) is 7.95. The molecule has 0 atom stereocenters. The zero-order chi connectivity index (χ0) is 17.1. The summed E-state index contributed by atoms with van der Waals surface area (Å²) in [4.78, 5) is 12.6. The first-order valence-corrected chi connectivity index (χ1v) is 9.52. The van der Waals surface area contributed by atoms with Crippen LogP contribution in [0, 0.1) is 13.8 Å². The van der Waals surface area contributed by atoms with Gasteiger partial charge >= 0.3 is 0 Å². The van der Waals surface area contributed by atoms with Crippen LogP contribution >= 0.6 is 11.3 Å². The maximum Gasteiger partial charge on any atom is 0.190 e. The minimum Gasteiger partial charge on any atom is -0.356 e. The Kier molecular flexibility index (Phi) is 9.87. The van der Waals surface area contributed by atoms with E-state index in [0.717, 1.165) is 44.3 Å². The molecule has 0 saturated carbocycles. The second-order valence-corrected chi connectivity index (χ2v) is 6.95. The van der Waals surface area contributed by atoms with E-state index >= 15 is 0 Å². The van der Waals surface area contributed by atoms with Gasteiger partial charge in [-0.25, -0.2) is 4.98 Å². The molecule has 0 aromatic carbocycles. The molecule has 0 fully saturated rings. The number of rotatable bonds is 10. The van der Waals surface area contributed by atoms with Gasteiger partial charge in [-0.05, 0) is 46.3 Å². The lowest BCUT2D eigenvalue weighted by molar-refractivity contribution is 0.297. The number of aryl methyl sites for hydroxylation is 2. The number of thiazole rings is 1. The van der Waals surface area contributed by atoms with Gasteiger partial charge in [0.05, 0.1) is 10.7 Å². The van der Waals surface area contributed by atoms with Gasteiger partial charge in [0.1, 0.15) is 0 Å². The maximum absolute atomic E-state index is 4.57. The molecule has 1 aromatic rings. The number of hydrogen-bond acceptors (Lipinski definition) is 4. The summed E-state index contributed by atoms with van der Waals surface area (Å²) in [7, 11) is 1.82. The lowest BCUT2D eigenvalue weighted by Gasteiger charge is -2.18. The molecule has 0 spiro atoms. The summed E-state index contributed by atoms with van der Waals surface area (Å²) >= 11 is 1.79. The lowest BCUT2D eigenvalue weighted by Crippen LogP contribution is -2.38. The van der Waals surface area contributed by atoms with Crippen molar-refractivity contribution in [1.82, 2.24) is 20.5 Å². The van der Waals surface area contributed by atoms with Crippen molar-refractivity contribution in [2.75, 3.05) is 39.8 Å². The van der Waals surface area contributed by atoms with Crippen LogP contribution in [0.25, 0.3) is 0 Å². The number of hydrogen-bond donors (Lipinski definition) is 2. The Morgan fingerprint density at radius 2 is 1.83 bits per heavy atom. The van der Waals surface area contributed by atoms with E-state index in [-0.39, 0.29) is 0 Å². The first kappa shape index (κ1) is 19.9. The Morgan fingerprint density at radius 1 is 1.13 bits per heavy atom. The van der Waals surface area contributed by atoms with E-state index in [9.17, 15) is 0 Å². The summed E-state index contributed by atoms with van der Waals surface area (Å²) in [5.41, 5.74) is 1.15. The minimum atomic E-state index is 0.867. The van der Waals surface area contributed by atoms with Crippen molar-refractivity contribution >= 4 is 17.3 Å². The molecule has 0 aliphatic carbocycles. The van der Waals surface area contributed by atoms with Gasteiger partial charge in [0.25, 0.3) is 0 Å². The average Bonchev–Trinajstić information content (AvgIpc) is 2.87. The second kappa shape index (κ2) is 11.4. The molecule has 0 amide bonds. The third-order valence-corrected chi connectivity index (χ3v) is 5.15. The quantitative estimate of drug-likeness (QED) is 0.391. The van der Waals surface area contributed by atoms with E-state index in [1.54, 1.807) is 11.3 Å². The summed E-state index contributed by atoms with van der Waals surface area (Å²) in [6.07, 6.45) is 3.34. The van der Waals surface area contributed by atoms with E-state index in [0.29, 0.717) is 0 Å². The summed E-state index contributed by atoms with van der Waals surface area (Å²) in [5.74, 6) is 0.887. The fourth-order valence-electron chi connectivity index (χ4n) is 2.36. The predicted octanol–water partition coefficient (Wildman–Crippen LogP) is 2.59. The summed E-state index contributed by atoms with van der Waals surface area (Å²) < 4.78 is 0. The molecular weight excluding hydrogens is 306 g/mol. The molecule has 23 heavy (non-hydrogen) atoms. The highest BCUT2D eigenvalue weighted by Gasteiger charge is 2.04. The van der Waals surface area contributed by atoms with Crippen molar-refractivity contribution in [1.29, 1.82) is 0 Å². The fraction of sp³-hybridized carbons (Fsp3) is 0.765. The van der Waals surface area contributed by atoms with E-state index in [1.165, 1.54) is 29.3 Å². The maximum atomic E-state index is 4.57. The number of aliphatic imine (C=N–C) groups is 1. The van der Waals surface area contributed by atoms with Crippen LogP contribution in [0.1, 0.15) is 42.3 Å². The van der Waals surface area contributed by atoms with Crippen LogP contribution in [-0.4, -0.2) is 55.6 Å². The van der Waals surface area contributed by atoms with E-state index < -0.39 is 0 Å². The van der Waals surface area contributed by atoms with E-state index in [1.807, 2.05) is 7.05 Å². The van der Waals surface area contributed by atoms with Gasteiger partial charge in [-0.2, -0.15) is 0 Å². The van der Waals surface area contributed by atoms with Crippen molar-refractivity contribution in [2.24, 2.45) is 4.99 Å². The van der Waals surface area contributed by atoms with Crippen molar-refractivity contribution in [3.63, 3.8) is 0 Å². The normalized spacial score (nSPS) is 12.0. The highest BCUT2D eigenvalue weighted by atomic mass is 32.1. The van der Waals surface area contributed by atoms with Crippen molar-refractivity contribution < 1.29 is 0 Å². The van der Waals surface area contributed by atoms with Crippen LogP contribution in [0.15, 0.2) is 4.99 Å². The molecule has 6 heteroatoms. The van der Waals surface area contributed by atoms with Gasteiger partial charge in [0.15, 0.2) is 5.96 Å². The minimum absolute atomic E-state index is 0.867. The van der Waals surface area contributed by atoms with Gasteiger partial charge in [-0.3, -0.25) is 4.99 Å². The summed E-state index contributed by atoms with van der Waals surface area (Å²) in [6.45, 7) is 13.9. The Hall–Kier alpha value is -1.14. The molecule has 1 heterocycles. The van der Waals surface area contributed by atoms with Crippen molar-refractivity contribution in [3.8, 4) is 0 Å². The smallest absolute Gasteiger partial charge is 0.190 e. The van der Waals surface area contributed by atoms with E-state index in [2.05, 4.69) is 53.2 Å². The zero-order valence-electron chi connectivity index (χ0n) is 15.4. The van der Waals surface area contributed by atoms with E-state index in [4.69, 9.17) is 0 Å². The molecule has 1 aromatic heterocycles. The Balaban J connectivity index is 2.15. The van der Waals surface area contributed by atoms with Gasteiger partial charge in [0, 0.05) is 31.4 Å². The van der Waals surface area contributed by atoms with Crippen LogP contribution in [-0.2, 0) is 6.42 Å². The zero-order valence-corrected chi connectivity index (χ0v) is 16.2. The third-order valence-electron chi connectivity index (χ3n) is 4.02. The molecule has 0 bridgehead atoms. The first-order valence-electron chi connectivity index (χ1n) is 8.70. The van der Waals surface area contributed by atoms with Gasteiger partial charge < -0.3 is 15.5 Å². The SMILES string of the molecule is CCN(CC)CCCCNC(=NC)NCCc1nc(C)c(C)s1. The Bertz CT molecular complexity index is 446. The van der Waals surface area contributed by atoms with Gasteiger partial charge in [-0.1, -0.05) is 13.8 Å². The van der Waals surface area contributed by atoms with Gasteiger partial charge in [-0.15, -0.1) is 11.3 Å². The van der Waals surface area contributed by atoms with Crippen LogP contribution in [0.3, 0.4) is 0 Å². The topological polar surface area (TPSA) is 52.5 Å². The molecule has 1 rings (SSSR count). The molecular formula is C17H33N5S. The van der Waals surface area contributed by atoms with Crippen molar-refractivity contribution in [3.05, 3.63) is 15.6 Å². The molecule has 0 aliphatic rings. The van der Waals surface area contributed by atoms with Crippen molar-refractivity contribution in [2.45, 2.75) is 47.0 Å². The standard InChI is InChI=1S/C17H33N5S/c1-6-22(7-2)13-9-8-11-19-17(18-5)20-12-10-16-21-14(3)15(4)23-16/h6-13H2,1-5H3,(H2,18,19,20). The molecule has 0 unspecified atom stereocenters. The first-order chi connectivity index (χ1) is 11.1. The Labute approximate surface area is 145 Å². The summed E-state index contributed by atoms with van der Waals surface area (Å²) in [6, 6.07) is 0. The number of aromatic nitrogens is 1. The third kappa shape index (κ3) is 7.79. The fourth-order valence-corrected chi connectivity index (χ4v) is 3.30. The largest absolute Gasteiger partial charge is 0.356 e. The predicted molar refractivity (Wildman–Crippen MR) is 102 cm³/mol. The number of nitrogens with zero attached hydrogens (tertiary/aromatic N) is 3. The second-order valence-electron chi connectivity index (χ2n) is 5.66. The lowest BCUT2D eigenvalue weighted by atomic mass is 10.3. The highest BCUT2D eigenvalue weighted by Crippen LogP contribution is 2.16. The van der Waals surface area contributed by atoms with Crippen LogP contribution in [0.2, 0.25) is 0 Å². The molecule has 132 valence electrons. The number of nitrogens with one attached hydrogen (secondary N) is 2. The number of unbranched alkanes of at least 4 members (excludes halogenated alkanes) is 1. The molecule has 5 nitrogen and oxygen atoms in total. The highest BCUT2D eigenvalue weighted by molar-refractivity contribution is 7.11. The molecule has 2 N–H and O–H groups in total. The van der Waals surface area contributed by atoms with Crippen LogP contribution in [0.4, 0.5) is 0 Å². The monoisotopic (exact) mass is 339 g/mol. The number of guanidine groups is 1.